The summed E-state index contributed by atoms with van der Waals surface area (Å²) in [5.41, 5.74) is -0.516. The Morgan fingerprint density at radius 2 is 1.82 bits per heavy atom. The molecular weight excluding hydrogens is 460 g/mol. The molecule has 28 heavy (non-hydrogen) atoms. The molecule has 3 rings (SSSR count). The molecule has 1 aromatic carbocycles. The highest BCUT2D eigenvalue weighted by molar-refractivity contribution is 7.99. The fourth-order valence-electron chi connectivity index (χ4n) is 2.24. The first-order valence-corrected chi connectivity index (χ1v) is 9.77. The molecule has 148 valence electrons. The zero-order valence-corrected chi connectivity index (χ0v) is 16.8. The molecule has 0 saturated heterocycles. The van der Waals surface area contributed by atoms with E-state index in [2.05, 4.69) is 15.5 Å². The van der Waals surface area contributed by atoms with Crippen LogP contribution in [0.1, 0.15) is 12.0 Å². The molecule has 2 heterocycles. The summed E-state index contributed by atoms with van der Waals surface area (Å²) in [7, 11) is 0. The Morgan fingerprint density at radius 3 is 2.46 bits per heavy atom. The number of nitrogens with one attached hydrogen (secondary N) is 1. The number of benzene rings is 1. The van der Waals surface area contributed by atoms with E-state index in [1.165, 1.54) is 0 Å². The highest BCUT2D eigenvalue weighted by Gasteiger charge is 2.32. The van der Waals surface area contributed by atoms with Gasteiger partial charge in [-0.3, -0.25) is 9.20 Å². The van der Waals surface area contributed by atoms with Crippen LogP contribution in [-0.4, -0.2) is 26.3 Å². The van der Waals surface area contributed by atoms with Gasteiger partial charge in [0.25, 0.3) is 0 Å². The first-order valence-electron chi connectivity index (χ1n) is 7.65. The van der Waals surface area contributed by atoms with E-state index in [9.17, 15) is 18.0 Å². The molecule has 2 aromatic heterocycles. The van der Waals surface area contributed by atoms with Crippen LogP contribution in [-0.2, 0) is 11.0 Å². The van der Waals surface area contributed by atoms with Crippen molar-refractivity contribution in [3.8, 4) is 0 Å². The molecule has 3 aromatic rings. The molecule has 0 spiro atoms. The van der Waals surface area contributed by atoms with Gasteiger partial charge in [-0.25, -0.2) is 0 Å². The van der Waals surface area contributed by atoms with Gasteiger partial charge in [-0.2, -0.15) is 13.2 Å². The number of halogens is 6. The second-order valence-electron chi connectivity index (χ2n) is 5.49. The van der Waals surface area contributed by atoms with E-state index < -0.39 is 11.7 Å². The second-order valence-corrected chi connectivity index (χ2v) is 7.78. The topological polar surface area (TPSA) is 59.3 Å². The van der Waals surface area contributed by atoms with Gasteiger partial charge in [0.05, 0.1) is 26.3 Å². The predicted octanol–water partition coefficient (Wildman–Crippen LogP) is 5.83. The molecule has 0 fully saturated rings. The number of carbonyl (C=O) groups excluding carboxylic acids is 1. The van der Waals surface area contributed by atoms with E-state index in [1.54, 1.807) is 18.2 Å². The minimum absolute atomic E-state index is 0.0494. The fourth-order valence-corrected chi connectivity index (χ4v) is 3.83. The maximum Gasteiger partial charge on any atom is 0.417 e. The summed E-state index contributed by atoms with van der Waals surface area (Å²) in [4.78, 5) is 12.1. The Bertz CT molecular complexity index is 1020. The number of pyridine rings is 1. The Labute approximate surface area is 176 Å². The molecule has 0 aliphatic heterocycles. The predicted molar refractivity (Wildman–Crippen MR) is 103 cm³/mol. The summed E-state index contributed by atoms with van der Waals surface area (Å²) >= 11 is 18.9. The lowest BCUT2D eigenvalue weighted by molar-refractivity contribution is -0.137. The molecule has 1 amide bonds. The van der Waals surface area contributed by atoms with Crippen molar-refractivity contribution in [1.29, 1.82) is 0 Å². The van der Waals surface area contributed by atoms with Crippen molar-refractivity contribution < 1.29 is 18.0 Å². The van der Waals surface area contributed by atoms with E-state index in [1.807, 2.05) is 0 Å². The van der Waals surface area contributed by atoms with E-state index in [4.69, 9.17) is 34.8 Å². The summed E-state index contributed by atoms with van der Waals surface area (Å²) in [5, 5.41) is 10.8. The Kier molecular flexibility index (Phi) is 6.28. The number of para-hydroxylation sites is 1. The average molecular weight is 470 g/mol. The van der Waals surface area contributed by atoms with Crippen molar-refractivity contribution in [2.24, 2.45) is 0 Å². The zero-order chi connectivity index (χ0) is 20.5. The van der Waals surface area contributed by atoms with Crippen LogP contribution in [0.2, 0.25) is 15.1 Å². The lowest BCUT2D eigenvalue weighted by atomic mass is 10.3. The van der Waals surface area contributed by atoms with Crippen molar-refractivity contribution in [2.45, 2.75) is 17.8 Å². The van der Waals surface area contributed by atoms with Crippen LogP contribution in [0.15, 0.2) is 35.6 Å². The normalized spacial score (nSPS) is 11.8. The van der Waals surface area contributed by atoms with Crippen LogP contribution in [0, 0.1) is 0 Å². The summed E-state index contributed by atoms with van der Waals surface area (Å²) in [6.45, 7) is 0. The van der Waals surface area contributed by atoms with Gasteiger partial charge in [0.15, 0.2) is 10.8 Å². The molecule has 1 N–H and O–H groups in total. The molecule has 0 aliphatic carbocycles. The molecular formula is C16H10Cl3F3N4OS. The average Bonchev–Trinajstić information content (AvgIpc) is 3.01. The zero-order valence-electron chi connectivity index (χ0n) is 13.7. The molecule has 0 unspecified atom stereocenters. The van der Waals surface area contributed by atoms with Crippen molar-refractivity contribution in [1.82, 2.24) is 14.6 Å². The maximum atomic E-state index is 13.0. The number of alkyl halides is 3. The SMILES string of the molecule is O=C(CCSc1nnc2c(Cl)cc(C(F)(F)F)cn12)Nc1c(Cl)cccc1Cl. The van der Waals surface area contributed by atoms with Gasteiger partial charge >= 0.3 is 6.18 Å². The molecule has 0 bridgehead atoms. The van der Waals surface area contributed by atoms with E-state index in [0.29, 0.717) is 15.7 Å². The smallest absolute Gasteiger partial charge is 0.324 e. The number of thioether (sulfide) groups is 1. The summed E-state index contributed by atoms with van der Waals surface area (Å²) in [5.74, 6) is -0.118. The lowest BCUT2D eigenvalue weighted by Crippen LogP contribution is -2.13. The van der Waals surface area contributed by atoms with Gasteiger partial charge in [0.1, 0.15) is 0 Å². The van der Waals surface area contributed by atoms with Gasteiger partial charge in [-0.15, -0.1) is 10.2 Å². The molecule has 0 atom stereocenters. The number of rotatable bonds is 5. The number of anilines is 1. The summed E-state index contributed by atoms with van der Waals surface area (Å²) in [6, 6.07) is 5.61. The number of carbonyl (C=O) groups is 1. The van der Waals surface area contributed by atoms with E-state index in [-0.39, 0.29) is 33.9 Å². The summed E-state index contributed by atoms with van der Waals surface area (Å²) < 4.78 is 40.1. The van der Waals surface area contributed by atoms with Gasteiger partial charge in [0.2, 0.25) is 5.91 Å². The number of amides is 1. The maximum absolute atomic E-state index is 13.0. The third-order valence-electron chi connectivity index (χ3n) is 3.54. The van der Waals surface area contributed by atoms with Crippen LogP contribution >= 0.6 is 46.6 Å². The van der Waals surface area contributed by atoms with Gasteiger partial charge in [-0.1, -0.05) is 52.6 Å². The quantitative estimate of drug-likeness (QED) is 0.478. The van der Waals surface area contributed by atoms with E-state index in [0.717, 1.165) is 28.4 Å². The first-order chi connectivity index (χ1) is 13.2. The minimum Gasteiger partial charge on any atom is -0.324 e. The van der Waals surface area contributed by atoms with Gasteiger partial charge in [-0.05, 0) is 18.2 Å². The van der Waals surface area contributed by atoms with Crippen molar-refractivity contribution >= 4 is 63.8 Å². The fraction of sp³-hybridized carbons (Fsp3) is 0.188. The molecule has 0 saturated carbocycles. The first kappa shape index (κ1) is 21.0. The molecule has 0 aliphatic rings. The van der Waals surface area contributed by atoms with Crippen LogP contribution < -0.4 is 5.32 Å². The molecule has 5 nitrogen and oxygen atoms in total. The minimum atomic E-state index is -4.56. The van der Waals surface area contributed by atoms with Gasteiger partial charge < -0.3 is 5.32 Å². The monoisotopic (exact) mass is 468 g/mol. The van der Waals surface area contributed by atoms with Crippen molar-refractivity contribution in [3.05, 3.63) is 51.1 Å². The summed E-state index contributed by atoms with van der Waals surface area (Å²) in [6.07, 6.45) is -3.64. The van der Waals surface area contributed by atoms with Crippen LogP contribution in [0.4, 0.5) is 18.9 Å². The molecule has 12 heteroatoms. The number of aromatic nitrogens is 3. The standard InChI is InChI=1S/C16H10Cl3F3N4OS/c17-9-2-1-3-10(18)13(9)23-12(27)4-5-28-15-25-24-14-11(19)6-8(7-26(14)15)16(20,21)22/h1-3,6-7H,4-5H2,(H,23,27). The van der Waals surface area contributed by atoms with Gasteiger partial charge in [0, 0.05) is 18.4 Å². The number of fused-ring (bicyclic) bond motifs is 1. The van der Waals surface area contributed by atoms with E-state index >= 15 is 0 Å². The number of hydrogen-bond acceptors (Lipinski definition) is 4. The molecule has 0 radical (unpaired) electrons. The van der Waals surface area contributed by atoms with Crippen LogP contribution in [0.25, 0.3) is 5.65 Å². The third kappa shape index (κ3) is 4.65. The highest BCUT2D eigenvalue weighted by atomic mass is 35.5. The Balaban J connectivity index is 1.69. The van der Waals surface area contributed by atoms with Crippen LogP contribution in [0.5, 0.6) is 0 Å². The largest absolute Gasteiger partial charge is 0.417 e. The Morgan fingerprint density at radius 1 is 1.14 bits per heavy atom. The Hall–Kier alpha value is -1.68. The third-order valence-corrected chi connectivity index (χ3v) is 5.40. The highest BCUT2D eigenvalue weighted by Crippen LogP contribution is 2.33. The number of nitrogens with zero attached hydrogens (tertiary/aromatic N) is 3. The number of hydrogen-bond donors (Lipinski definition) is 1. The van der Waals surface area contributed by atoms with Crippen molar-refractivity contribution in [2.75, 3.05) is 11.1 Å². The second kappa shape index (κ2) is 8.36. The lowest BCUT2D eigenvalue weighted by Gasteiger charge is -2.09. The van der Waals surface area contributed by atoms with Crippen molar-refractivity contribution in [3.63, 3.8) is 0 Å². The van der Waals surface area contributed by atoms with Crippen LogP contribution in [0.3, 0.4) is 0 Å².